The molecule has 10 heteroatoms. The van der Waals surface area contributed by atoms with Crippen molar-refractivity contribution in [2.24, 2.45) is 0 Å². The van der Waals surface area contributed by atoms with E-state index in [-0.39, 0.29) is 22.7 Å². The maximum Gasteiger partial charge on any atom is 0.274 e. The number of hydrogen-bond donors (Lipinski definition) is 1. The second kappa shape index (κ2) is 8.58. The molecule has 1 aliphatic rings. The number of fused-ring (bicyclic) bond motifs is 1. The van der Waals surface area contributed by atoms with Crippen molar-refractivity contribution in [2.75, 3.05) is 6.54 Å². The fourth-order valence-electron chi connectivity index (χ4n) is 3.49. The van der Waals surface area contributed by atoms with Crippen LogP contribution < -0.4 is 5.32 Å². The van der Waals surface area contributed by atoms with Crippen LogP contribution in [0.15, 0.2) is 64.9 Å². The number of sulfonamides is 1. The first kappa shape index (κ1) is 21.2. The van der Waals surface area contributed by atoms with Gasteiger partial charge in [0.15, 0.2) is 0 Å². The zero-order valence-corrected chi connectivity index (χ0v) is 18.0. The molecule has 1 aromatic heterocycles. The molecule has 4 rings (SSSR count). The minimum absolute atomic E-state index is 0.0416. The van der Waals surface area contributed by atoms with Crippen LogP contribution in [0.1, 0.15) is 26.4 Å². The van der Waals surface area contributed by atoms with Gasteiger partial charge in [0, 0.05) is 41.7 Å². The van der Waals surface area contributed by atoms with Crippen LogP contribution in [-0.4, -0.2) is 30.1 Å². The van der Waals surface area contributed by atoms with Crippen molar-refractivity contribution < 1.29 is 18.1 Å². The van der Waals surface area contributed by atoms with Crippen molar-refractivity contribution in [2.45, 2.75) is 24.4 Å². The molecular formula is C21H19N3O5S2. The van der Waals surface area contributed by atoms with E-state index in [0.717, 1.165) is 5.56 Å². The van der Waals surface area contributed by atoms with Gasteiger partial charge >= 0.3 is 0 Å². The van der Waals surface area contributed by atoms with Crippen LogP contribution in [-0.2, 0) is 29.5 Å². The third-order valence-electron chi connectivity index (χ3n) is 5.13. The standard InChI is InChI=1S/C21H19N3O5S2/c25-21(22-13-16-4-1-2-7-19(16)24(26)27)15-5-3-6-18(12-15)31(28,29)23-10-8-20-17(14-23)9-11-30-20/h1-7,9,11-12H,8,10,13-14H2,(H,22,25). The Morgan fingerprint density at radius 3 is 2.77 bits per heavy atom. The topological polar surface area (TPSA) is 110 Å². The molecule has 2 heterocycles. The Balaban J connectivity index is 1.50. The molecule has 160 valence electrons. The van der Waals surface area contributed by atoms with Gasteiger partial charge in [0.25, 0.3) is 11.6 Å². The number of hydrogen-bond acceptors (Lipinski definition) is 6. The second-order valence-electron chi connectivity index (χ2n) is 7.05. The number of carbonyl (C=O) groups excluding carboxylic acids is 1. The van der Waals surface area contributed by atoms with Crippen molar-refractivity contribution in [3.63, 3.8) is 0 Å². The van der Waals surface area contributed by atoms with Crippen LogP contribution in [0.2, 0.25) is 0 Å². The predicted octanol–water partition coefficient (Wildman–Crippen LogP) is 3.33. The Morgan fingerprint density at radius 2 is 1.97 bits per heavy atom. The summed E-state index contributed by atoms with van der Waals surface area (Å²) in [5.74, 6) is -0.506. The van der Waals surface area contributed by atoms with E-state index in [0.29, 0.717) is 25.1 Å². The van der Waals surface area contributed by atoms with Gasteiger partial charge in [-0.2, -0.15) is 4.31 Å². The molecule has 2 aromatic carbocycles. The van der Waals surface area contributed by atoms with E-state index in [2.05, 4.69) is 5.32 Å². The lowest BCUT2D eigenvalue weighted by molar-refractivity contribution is -0.385. The third-order valence-corrected chi connectivity index (χ3v) is 8.00. The molecule has 1 N–H and O–H groups in total. The van der Waals surface area contributed by atoms with Crippen molar-refractivity contribution in [1.82, 2.24) is 9.62 Å². The summed E-state index contributed by atoms with van der Waals surface area (Å²) in [7, 11) is -3.76. The van der Waals surface area contributed by atoms with Gasteiger partial charge in [0.2, 0.25) is 10.0 Å². The van der Waals surface area contributed by atoms with Gasteiger partial charge in [-0.05, 0) is 41.6 Å². The number of thiophene rings is 1. The minimum Gasteiger partial charge on any atom is -0.348 e. The summed E-state index contributed by atoms with van der Waals surface area (Å²) in [5.41, 5.74) is 1.47. The molecule has 0 spiro atoms. The number of nitrogens with zero attached hydrogens (tertiary/aromatic N) is 2. The zero-order valence-electron chi connectivity index (χ0n) is 16.4. The van der Waals surface area contributed by atoms with E-state index in [1.807, 2.05) is 11.4 Å². The van der Waals surface area contributed by atoms with E-state index in [4.69, 9.17) is 0 Å². The predicted molar refractivity (Wildman–Crippen MR) is 116 cm³/mol. The van der Waals surface area contributed by atoms with Gasteiger partial charge in [0.05, 0.1) is 9.82 Å². The number of para-hydroxylation sites is 1. The highest BCUT2D eigenvalue weighted by atomic mass is 32.2. The van der Waals surface area contributed by atoms with Crippen LogP contribution in [0.25, 0.3) is 0 Å². The average molecular weight is 458 g/mol. The molecule has 0 unspecified atom stereocenters. The first-order chi connectivity index (χ1) is 14.9. The Hall–Kier alpha value is -3.08. The monoisotopic (exact) mass is 457 g/mol. The zero-order chi connectivity index (χ0) is 22.0. The number of rotatable bonds is 6. The molecule has 0 bridgehead atoms. The summed E-state index contributed by atoms with van der Waals surface area (Å²) in [6.45, 7) is 0.666. The van der Waals surface area contributed by atoms with Crippen molar-refractivity contribution in [3.8, 4) is 0 Å². The van der Waals surface area contributed by atoms with Crippen LogP contribution >= 0.6 is 11.3 Å². The van der Waals surface area contributed by atoms with Crippen molar-refractivity contribution in [1.29, 1.82) is 0 Å². The van der Waals surface area contributed by atoms with Gasteiger partial charge in [0.1, 0.15) is 0 Å². The molecule has 0 radical (unpaired) electrons. The molecule has 31 heavy (non-hydrogen) atoms. The van der Waals surface area contributed by atoms with Gasteiger partial charge in [-0.25, -0.2) is 8.42 Å². The highest BCUT2D eigenvalue weighted by Gasteiger charge is 2.29. The average Bonchev–Trinajstić information content (AvgIpc) is 3.25. The fourth-order valence-corrected chi connectivity index (χ4v) is 5.85. The van der Waals surface area contributed by atoms with Gasteiger partial charge in [-0.1, -0.05) is 24.3 Å². The van der Waals surface area contributed by atoms with E-state index in [1.54, 1.807) is 29.5 Å². The molecule has 0 saturated heterocycles. The molecule has 1 aliphatic heterocycles. The fraction of sp³-hybridized carbons (Fsp3) is 0.190. The molecule has 0 saturated carbocycles. The van der Waals surface area contributed by atoms with Crippen LogP contribution in [0.5, 0.6) is 0 Å². The number of nitro groups is 1. The smallest absolute Gasteiger partial charge is 0.274 e. The summed E-state index contributed by atoms with van der Waals surface area (Å²) < 4.78 is 27.7. The Kier molecular flexibility index (Phi) is 5.86. The van der Waals surface area contributed by atoms with Crippen LogP contribution in [0.4, 0.5) is 5.69 Å². The van der Waals surface area contributed by atoms with Gasteiger partial charge in [-0.15, -0.1) is 11.3 Å². The highest BCUT2D eigenvalue weighted by molar-refractivity contribution is 7.89. The third kappa shape index (κ3) is 4.36. The quantitative estimate of drug-likeness (QED) is 0.451. The second-order valence-corrected chi connectivity index (χ2v) is 9.99. The number of benzene rings is 2. The van der Waals surface area contributed by atoms with Gasteiger partial charge in [-0.3, -0.25) is 14.9 Å². The summed E-state index contributed by atoms with van der Waals surface area (Å²) in [6.07, 6.45) is 0.669. The SMILES string of the molecule is O=C(NCc1ccccc1[N+](=O)[O-])c1cccc(S(=O)(=O)N2CCc3sccc3C2)c1. The first-order valence-corrected chi connectivity index (χ1v) is 11.8. The summed E-state index contributed by atoms with van der Waals surface area (Å²) >= 11 is 1.63. The highest BCUT2D eigenvalue weighted by Crippen LogP contribution is 2.28. The lowest BCUT2D eigenvalue weighted by atomic mass is 10.1. The van der Waals surface area contributed by atoms with Crippen molar-refractivity contribution >= 4 is 33.0 Å². The van der Waals surface area contributed by atoms with Crippen molar-refractivity contribution in [3.05, 3.63) is 91.7 Å². The van der Waals surface area contributed by atoms with E-state index < -0.39 is 20.9 Å². The molecule has 8 nitrogen and oxygen atoms in total. The minimum atomic E-state index is -3.76. The number of nitro benzene ring substituents is 1. The molecule has 0 aliphatic carbocycles. The maximum absolute atomic E-state index is 13.1. The summed E-state index contributed by atoms with van der Waals surface area (Å²) in [6, 6.07) is 13.9. The number of nitrogens with one attached hydrogen (secondary N) is 1. The lowest BCUT2D eigenvalue weighted by Gasteiger charge is -2.26. The van der Waals surface area contributed by atoms with E-state index in [9.17, 15) is 23.3 Å². The van der Waals surface area contributed by atoms with E-state index >= 15 is 0 Å². The maximum atomic E-state index is 13.1. The molecule has 1 amide bonds. The Morgan fingerprint density at radius 1 is 1.16 bits per heavy atom. The molecule has 3 aromatic rings. The summed E-state index contributed by atoms with van der Waals surface area (Å²) in [5, 5.41) is 15.7. The lowest BCUT2D eigenvalue weighted by Crippen LogP contribution is -2.35. The molecular weight excluding hydrogens is 438 g/mol. The van der Waals surface area contributed by atoms with Crippen LogP contribution in [0, 0.1) is 10.1 Å². The normalized spacial score (nSPS) is 14.1. The molecule has 0 atom stereocenters. The first-order valence-electron chi connectivity index (χ1n) is 9.52. The van der Waals surface area contributed by atoms with Gasteiger partial charge < -0.3 is 5.32 Å². The Bertz CT molecular complexity index is 1250. The Labute approximate surface area is 183 Å². The molecule has 0 fully saturated rings. The summed E-state index contributed by atoms with van der Waals surface area (Å²) in [4.78, 5) is 24.5. The largest absolute Gasteiger partial charge is 0.348 e. The number of carbonyl (C=O) groups is 1. The van der Waals surface area contributed by atoms with Crippen LogP contribution in [0.3, 0.4) is 0 Å². The van der Waals surface area contributed by atoms with E-state index in [1.165, 1.54) is 39.5 Å². The number of amides is 1.